The highest BCUT2D eigenvalue weighted by atomic mass is 32.1. The minimum Gasteiger partial charge on any atom is -0.488 e. The van der Waals surface area contributed by atoms with Crippen LogP contribution >= 0.6 is 11.3 Å². The summed E-state index contributed by atoms with van der Waals surface area (Å²) in [6.45, 7) is 0.250. The first-order valence-corrected chi connectivity index (χ1v) is 9.70. The number of hydrogen-bond donors (Lipinski definition) is 1. The summed E-state index contributed by atoms with van der Waals surface area (Å²) in [5, 5.41) is 14.1. The average Bonchev–Trinajstić information content (AvgIpc) is 3.29. The third-order valence-corrected chi connectivity index (χ3v) is 4.69. The summed E-state index contributed by atoms with van der Waals surface area (Å²) in [4.78, 5) is 27.8. The zero-order valence-corrected chi connectivity index (χ0v) is 16.8. The van der Waals surface area contributed by atoms with Crippen molar-refractivity contribution in [3.05, 3.63) is 82.4 Å². The molecule has 0 unspecified atom stereocenters. The fourth-order valence-electron chi connectivity index (χ4n) is 2.50. The van der Waals surface area contributed by atoms with Gasteiger partial charge in [0.25, 0.3) is 5.91 Å². The SMILES string of the molecule is COC(=O)c1ccc(COc2ccccc2C=C(C#N)C(=O)Nc2nccs2)cc1. The van der Waals surface area contributed by atoms with Crippen LogP contribution in [0.2, 0.25) is 0 Å². The lowest BCUT2D eigenvalue weighted by atomic mass is 10.1. The van der Waals surface area contributed by atoms with Crippen molar-refractivity contribution in [2.24, 2.45) is 0 Å². The van der Waals surface area contributed by atoms with Gasteiger partial charge in [-0.3, -0.25) is 10.1 Å². The maximum atomic E-state index is 12.3. The van der Waals surface area contributed by atoms with Gasteiger partial charge in [-0.15, -0.1) is 11.3 Å². The molecule has 0 saturated carbocycles. The number of nitrogens with one attached hydrogen (secondary N) is 1. The molecule has 0 atom stereocenters. The van der Waals surface area contributed by atoms with Crippen molar-refractivity contribution in [2.75, 3.05) is 12.4 Å². The Bertz CT molecular complexity index is 1100. The smallest absolute Gasteiger partial charge is 0.337 e. The van der Waals surface area contributed by atoms with Gasteiger partial charge in [-0.05, 0) is 29.8 Å². The summed E-state index contributed by atoms with van der Waals surface area (Å²) in [5.74, 6) is -0.428. The number of benzene rings is 2. The van der Waals surface area contributed by atoms with Crippen LogP contribution in [0.1, 0.15) is 21.5 Å². The number of carbonyl (C=O) groups excluding carboxylic acids is 2. The molecule has 0 spiro atoms. The van der Waals surface area contributed by atoms with Crippen molar-refractivity contribution >= 4 is 34.4 Å². The Morgan fingerprint density at radius 3 is 2.63 bits per heavy atom. The molecule has 0 aliphatic carbocycles. The number of thiazole rings is 1. The summed E-state index contributed by atoms with van der Waals surface area (Å²) in [6.07, 6.45) is 3.04. The van der Waals surface area contributed by atoms with Crippen LogP contribution in [0, 0.1) is 11.3 Å². The first kappa shape index (κ1) is 20.8. The van der Waals surface area contributed by atoms with Crippen LogP contribution in [0.4, 0.5) is 5.13 Å². The van der Waals surface area contributed by atoms with E-state index in [1.54, 1.807) is 60.1 Å². The van der Waals surface area contributed by atoms with Crippen LogP contribution in [0.3, 0.4) is 0 Å². The molecule has 30 heavy (non-hydrogen) atoms. The molecule has 150 valence electrons. The fraction of sp³-hybridized carbons (Fsp3) is 0.0909. The molecule has 3 rings (SSSR count). The van der Waals surface area contributed by atoms with Gasteiger partial charge in [-0.2, -0.15) is 5.26 Å². The molecule has 7 nitrogen and oxygen atoms in total. The second-order valence-electron chi connectivity index (χ2n) is 5.98. The lowest BCUT2D eigenvalue weighted by Crippen LogP contribution is -2.13. The van der Waals surface area contributed by atoms with Crippen LogP contribution in [0.15, 0.2) is 65.7 Å². The third kappa shape index (κ3) is 5.31. The van der Waals surface area contributed by atoms with E-state index in [-0.39, 0.29) is 12.2 Å². The minimum atomic E-state index is -0.541. The van der Waals surface area contributed by atoms with Gasteiger partial charge in [-0.1, -0.05) is 30.3 Å². The highest BCUT2D eigenvalue weighted by Gasteiger charge is 2.12. The normalized spacial score (nSPS) is 10.7. The molecule has 2 aromatic carbocycles. The number of ether oxygens (including phenoxy) is 2. The van der Waals surface area contributed by atoms with E-state index in [1.165, 1.54) is 24.5 Å². The van der Waals surface area contributed by atoms with Crippen LogP contribution in [-0.2, 0) is 16.1 Å². The average molecular weight is 419 g/mol. The minimum absolute atomic E-state index is 0.0660. The van der Waals surface area contributed by atoms with E-state index in [4.69, 9.17) is 4.74 Å². The number of rotatable bonds is 7. The molecule has 0 radical (unpaired) electrons. The molecule has 0 aliphatic heterocycles. The number of para-hydroxylation sites is 1. The molecule has 8 heteroatoms. The van der Waals surface area contributed by atoms with Gasteiger partial charge in [0.1, 0.15) is 24.0 Å². The van der Waals surface area contributed by atoms with E-state index in [1.807, 2.05) is 6.07 Å². The van der Waals surface area contributed by atoms with E-state index in [2.05, 4.69) is 15.0 Å². The molecule has 0 bridgehead atoms. The maximum Gasteiger partial charge on any atom is 0.337 e. The van der Waals surface area contributed by atoms with E-state index < -0.39 is 11.9 Å². The molecular weight excluding hydrogens is 402 g/mol. The maximum absolute atomic E-state index is 12.3. The van der Waals surface area contributed by atoms with Crippen molar-refractivity contribution < 1.29 is 19.1 Å². The molecular formula is C22H17N3O4S. The largest absolute Gasteiger partial charge is 0.488 e. The monoisotopic (exact) mass is 419 g/mol. The number of esters is 1. The summed E-state index contributed by atoms with van der Waals surface area (Å²) in [6, 6.07) is 15.9. The number of carbonyl (C=O) groups is 2. The van der Waals surface area contributed by atoms with E-state index >= 15 is 0 Å². The number of amides is 1. The van der Waals surface area contributed by atoms with Gasteiger partial charge < -0.3 is 9.47 Å². The summed E-state index contributed by atoms with van der Waals surface area (Å²) in [5.41, 5.74) is 1.83. The molecule has 1 heterocycles. The standard InChI is InChI=1S/C22H17N3O4S/c1-28-21(27)16-8-6-15(7-9-16)14-29-19-5-3-2-4-17(19)12-18(13-23)20(26)25-22-24-10-11-30-22/h2-12H,14H2,1H3,(H,24,25,26). The molecule has 1 amide bonds. The zero-order valence-electron chi connectivity index (χ0n) is 16.0. The van der Waals surface area contributed by atoms with Crippen molar-refractivity contribution in [1.82, 2.24) is 4.98 Å². The van der Waals surface area contributed by atoms with Crippen molar-refractivity contribution in [2.45, 2.75) is 6.61 Å². The summed E-state index contributed by atoms with van der Waals surface area (Å²) < 4.78 is 10.6. The Labute approximate surface area is 177 Å². The topological polar surface area (TPSA) is 101 Å². The van der Waals surface area contributed by atoms with Crippen LogP contribution in [0.25, 0.3) is 6.08 Å². The molecule has 0 aliphatic rings. The fourth-order valence-corrected chi connectivity index (χ4v) is 3.02. The predicted molar refractivity (Wildman–Crippen MR) is 113 cm³/mol. The van der Waals surface area contributed by atoms with Crippen LogP contribution in [-0.4, -0.2) is 24.0 Å². The Morgan fingerprint density at radius 2 is 1.97 bits per heavy atom. The number of methoxy groups -OCH3 is 1. The number of anilines is 1. The highest BCUT2D eigenvalue weighted by Crippen LogP contribution is 2.23. The molecule has 0 fully saturated rings. The van der Waals surface area contributed by atoms with E-state index in [0.717, 1.165) is 5.56 Å². The van der Waals surface area contributed by atoms with Gasteiger partial charge in [0.2, 0.25) is 0 Å². The quantitative estimate of drug-likeness (QED) is 0.352. The molecule has 0 saturated heterocycles. The number of nitrogens with zero attached hydrogens (tertiary/aromatic N) is 2. The predicted octanol–water partition coefficient (Wildman–Crippen LogP) is 4.05. The van der Waals surface area contributed by atoms with Crippen molar-refractivity contribution in [3.63, 3.8) is 0 Å². The molecule has 1 aromatic heterocycles. The molecule has 3 aromatic rings. The van der Waals surface area contributed by atoms with Gasteiger partial charge in [-0.25, -0.2) is 9.78 Å². The van der Waals surface area contributed by atoms with Gasteiger partial charge in [0.05, 0.1) is 12.7 Å². The first-order chi connectivity index (χ1) is 14.6. The van der Waals surface area contributed by atoms with Crippen molar-refractivity contribution in [3.8, 4) is 11.8 Å². The Kier molecular flexibility index (Phi) is 6.92. The van der Waals surface area contributed by atoms with Crippen LogP contribution in [0.5, 0.6) is 5.75 Å². The Morgan fingerprint density at radius 1 is 1.20 bits per heavy atom. The Balaban J connectivity index is 1.73. The second kappa shape index (κ2) is 10.0. The van der Waals surface area contributed by atoms with Gasteiger partial charge >= 0.3 is 5.97 Å². The number of aromatic nitrogens is 1. The summed E-state index contributed by atoms with van der Waals surface area (Å²) >= 11 is 1.27. The molecule has 1 N–H and O–H groups in total. The van der Waals surface area contributed by atoms with Crippen LogP contribution < -0.4 is 10.1 Å². The van der Waals surface area contributed by atoms with Gasteiger partial charge in [0, 0.05) is 17.1 Å². The summed E-state index contributed by atoms with van der Waals surface area (Å²) in [7, 11) is 1.33. The second-order valence-corrected chi connectivity index (χ2v) is 6.87. The number of nitriles is 1. The lowest BCUT2D eigenvalue weighted by Gasteiger charge is -2.10. The zero-order chi connectivity index (χ0) is 21.3. The lowest BCUT2D eigenvalue weighted by molar-refractivity contribution is -0.112. The highest BCUT2D eigenvalue weighted by molar-refractivity contribution is 7.13. The van der Waals surface area contributed by atoms with E-state index in [0.29, 0.717) is 22.0 Å². The number of hydrogen-bond acceptors (Lipinski definition) is 7. The van der Waals surface area contributed by atoms with Crippen molar-refractivity contribution in [1.29, 1.82) is 5.26 Å². The Hall–Kier alpha value is -3.96. The van der Waals surface area contributed by atoms with E-state index in [9.17, 15) is 14.9 Å². The van der Waals surface area contributed by atoms with Gasteiger partial charge in [0.15, 0.2) is 5.13 Å². The first-order valence-electron chi connectivity index (χ1n) is 8.82. The third-order valence-electron chi connectivity index (χ3n) is 4.01.